The fourth-order valence-corrected chi connectivity index (χ4v) is 4.21. The van der Waals surface area contributed by atoms with Crippen molar-refractivity contribution in [2.75, 3.05) is 72.7 Å². The zero-order valence-corrected chi connectivity index (χ0v) is 38.3. The van der Waals surface area contributed by atoms with Gasteiger partial charge in [0, 0.05) is 33.0 Å². The van der Waals surface area contributed by atoms with Crippen LogP contribution in [0.2, 0.25) is 0 Å². The fourth-order valence-electron chi connectivity index (χ4n) is 4.21. The summed E-state index contributed by atoms with van der Waals surface area (Å²) in [5, 5.41) is 0. The topological polar surface area (TPSA) is 55.4 Å². The molecule has 0 bridgehead atoms. The molecule has 0 fully saturated rings. The van der Waals surface area contributed by atoms with Crippen LogP contribution in [0.3, 0.4) is 0 Å². The van der Waals surface area contributed by atoms with Crippen molar-refractivity contribution in [3.05, 3.63) is 0 Å². The van der Waals surface area contributed by atoms with Gasteiger partial charge in [0.15, 0.2) is 0 Å². The van der Waals surface area contributed by atoms with Crippen molar-refractivity contribution >= 4 is 0 Å². The highest BCUT2D eigenvalue weighted by Crippen LogP contribution is 2.23. The monoisotopic (exact) mass is 733 g/mol. The molecule has 0 unspecified atom stereocenters. The molecule has 0 N–H and O–H groups in total. The molecule has 51 heavy (non-hydrogen) atoms. The molecule has 0 amide bonds. The zero-order chi connectivity index (χ0) is 40.1. The van der Waals surface area contributed by atoms with Gasteiger partial charge in [-0.1, -0.05) is 123 Å². The van der Waals surface area contributed by atoms with E-state index >= 15 is 0 Å². The van der Waals surface area contributed by atoms with Crippen molar-refractivity contribution in [1.82, 2.24) is 0 Å². The van der Waals surface area contributed by atoms with Gasteiger partial charge in [0.2, 0.25) is 0 Å². The maximum atomic E-state index is 5.66. The van der Waals surface area contributed by atoms with Crippen LogP contribution < -0.4 is 0 Å². The van der Waals surface area contributed by atoms with Crippen LogP contribution in [-0.4, -0.2) is 78.3 Å². The van der Waals surface area contributed by atoms with Gasteiger partial charge in [0.1, 0.15) is 0 Å². The summed E-state index contributed by atoms with van der Waals surface area (Å²) >= 11 is 0. The Kier molecular flexibility index (Phi) is 32.5. The molecule has 312 valence electrons. The first-order chi connectivity index (χ1) is 23.1. The first-order valence-corrected chi connectivity index (χ1v) is 20.6. The highest BCUT2D eigenvalue weighted by Gasteiger charge is 2.12. The summed E-state index contributed by atoms with van der Waals surface area (Å²) in [7, 11) is 0. The smallest absolute Gasteiger partial charge is 0.0707 e. The maximum Gasteiger partial charge on any atom is 0.0707 e. The molecule has 0 saturated heterocycles. The highest BCUT2D eigenvalue weighted by atomic mass is 16.5. The molecular weight excluding hydrogens is 636 g/mol. The molecule has 0 aliphatic carbocycles. The lowest BCUT2D eigenvalue weighted by atomic mass is 9.89. The third-order valence-corrected chi connectivity index (χ3v) is 7.68. The molecule has 0 radical (unpaired) electrons. The Morgan fingerprint density at radius 3 is 0.882 bits per heavy atom. The van der Waals surface area contributed by atoms with E-state index in [9.17, 15) is 0 Å². The molecule has 0 saturated carbocycles. The van der Waals surface area contributed by atoms with Gasteiger partial charge >= 0.3 is 0 Å². The normalized spacial score (nSPS) is 13.1. The number of unbranched alkanes of at least 4 members (excludes halogenated alkanes) is 3. The molecule has 0 atom stereocenters. The third-order valence-electron chi connectivity index (χ3n) is 7.68. The van der Waals surface area contributed by atoms with Crippen molar-refractivity contribution in [2.45, 2.75) is 194 Å². The summed E-state index contributed by atoms with van der Waals surface area (Å²) in [6.45, 7) is 48.5. The summed E-state index contributed by atoms with van der Waals surface area (Å²) < 4.78 is 33.2. The van der Waals surface area contributed by atoms with E-state index in [-0.39, 0.29) is 5.60 Å². The van der Waals surface area contributed by atoms with Gasteiger partial charge in [0.25, 0.3) is 0 Å². The predicted octanol–water partition coefficient (Wildman–Crippen LogP) is 13.0. The van der Waals surface area contributed by atoms with Crippen LogP contribution in [0.15, 0.2) is 0 Å². The third kappa shape index (κ3) is 65.1. The minimum atomic E-state index is -0.0768. The Morgan fingerprint density at radius 2 is 0.510 bits per heavy atom. The largest absolute Gasteiger partial charge is 0.381 e. The summed E-state index contributed by atoms with van der Waals surface area (Å²) in [6, 6.07) is 0. The SMILES string of the molecule is CC(C)(C)CCCCCCOCCC(C)(C)C.CC(C)(C)CCCOCCOCCC(C)(C)C.CC(C)(C)CCOCCOCCOC(C)(C)C. The second-order valence-corrected chi connectivity index (χ2v) is 21.3. The van der Waals surface area contributed by atoms with Crippen LogP contribution in [0.25, 0.3) is 0 Å². The summed E-state index contributed by atoms with van der Waals surface area (Å²) in [5.74, 6) is 0. The Morgan fingerprint density at radius 1 is 0.235 bits per heavy atom. The molecule has 6 heteroatoms. The van der Waals surface area contributed by atoms with Crippen LogP contribution in [0, 0.1) is 27.1 Å². The van der Waals surface area contributed by atoms with Gasteiger partial charge in [0.05, 0.1) is 45.2 Å². The van der Waals surface area contributed by atoms with E-state index in [2.05, 4.69) is 104 Å². The summed E-state index contributed by atoms with van der Waals surface area (Å²) in [5.41, 5.74) is 1.98. The van der Waals surface area contributed by atoms with E-state index < -0.39 is 0 Å². The average Bonchev–Trinajstić information content (AvgIpc) is 2.92. The average molecular weight is 733 g/mol. The van der Waals surface area contributed by atoms with Crippen molar-refractivity contribution in [2.24, 2.45) is 27.1 Å². The van der Waals surface area contributed by atoms with E-state index in [1.54, 1.807) is 0 Å². The maximum absolute atomic E-state index is 5.66. The molecule has 0 heterocycles. The molecule has 0 aromatic heterocycles. The highest BCUT2D eigenvalue weighted by molar-refractivity contribution is 4.63. The Labute approximate surface area is 321 Å². The van der Waals surface area contributed by atoms with Crippen LogP contribution in [0.5, 0.6) is 0 Å². The van der Waals surface area contributed by atoms with Crippen molar-refractivity contribution in [3.8, 4) is 0 Å². The first-order valence-electron chi connectivity index (χ1n) is 20.6. The van der Waals surface area contributed by atoms with E-state index in [4.69, 9.17) is 28.4 Å². The molecule has 0 aromatic carbocycles. The quantitative estimate of drug-likeness (QED) is 0.0921. The minimum Gasteiger partial charge on any atom is -0.381 e. The van der Waals surface area contributed by atoms with E-state index in [1.165, 1.54) is 38.5 Å². The molecule has 0 rings (SSSR count). The van der Waals surface area contributed by atoms with E-state index in [0.717, 1.165) is 71.9 Å². The van der Waals surface area contributed by atoms with Crippen molar-refractivity contribution in [3.63, 3.8) is 0 Å². The second-order valence-electron chi connectivity index (χ2n) is 21.3. The number of rotatable bonds is 24. The van der Waals surface area contributed by atoms with Gasteiger partial charge in [-0.25, -0.2) is 0 Å². The fraction of sp³-hybridized carbons (Fsp3) is 1.00. The molecule has 0 spiro atoms. The number of hydrogen-bond donors (Lipinski definition) is 0. The van der Waals surface area contributed by atoms with E-state index in [1.807, 2.05) is 20.8 Å². The molecule has 6 nitrogen and oxygen atoms in total. The van der Waals surface area contributed by atoms with Gasteiger partial charge in [-0.2, -0.15) is 0 Å². The van der Waals surface area contributed by atoms with Crippen molar-refractivity contribution < 1.29 is 28.4 Å². The van der Waals surface area contributed by atoms with Crippen LogP contribution in [-0.2, 0) is 28.4 Å². The lowest BCUT2D eigenvalue weighted by Crippen LogP contribution is -2.22. The lowest BCUT2D eigenvalue weighted by molar-refractivity contribution is -0.0431. The number of ether oxygens (including phenoxy) is 6. The first kappa shape index (κ1) is 55.1. The number of hydrogen-bond acceptors (Lipinski definition) is 6. The molecule has 0 aromatic rings. The Balaban J connectivity index is -0.000000678. The zero-order valence-electron chi connectivity index (χ0n) is 38.3. The van der Waals surface area contributed by atoms with Gasteiger partial charge in [-0.05, 0) is 92.8 Å². The molecular formula is C45H96O6. The van der Waals surface area contributed by atoms with Crippen LogP contribution in [0.4, 0.5) is 0 Å². The standard InChI is InChI=1S/C16H34O.C15H32O2.C14H30O3/c1-15(2,3)11-9-7-8-10-13-17-14-12-16(4,5)6;1-14(2,3)8-7-10-16-12-13-17-11-9-15(4,5)6;1-13(2,3)7-8-15-9-10-16-11-12-17-14(4,5)6/h7-14H2,1-6H3;7-13H2,1-6H3;7-12H2,1-6H3. The van der Waals surface area contributed by atoms with Crippen LogP contribution in [0.1, 0.15) is 189 Å². The Bertz CT molecular complexity index is 563. The lowest BCUT2D eigenvalue weighted by Gasteiger charge is -2.19. The summed E-state index contributed by atoms with van der Waals surface area (Å²) in [6.07, 6.45) is 12.3. The predicted molar refractivity (Wildman–Crippen MR) is 223 cm³/mol. The van der Waals surface area contributed by atoms with Crippen molar-refractivity contribution in [1.29, 1.82) is 0 Å². The Hall–Kier alpha value is -0.240. The van der Waals surface area contributed by atoms with Gasteiger partial charge in [-0.3, -0.25) is 0 Å². The van der Waals surface area contributed by atoms with Gasteiger partial charge < -0.3 is 28.4 Å². The second kappa shape index (κ2) is 30.0. The summed E-state index contributed by atoms with van der Waals surface area (Å²) in [4.78, 5) is 0. The molecule has 0 aliphatic heterocycles. The van der Waals surface area contributed by atoms with Gasteiger partial charge in [-0.15, -0.1) is 0 Å². The minimum absolute atomic E-state index is 0.0768. The van der Waals surface area contributed by atoms with Crippen LogP contribution >= 0.6 is 0 Å². The van der Waals surface area contributed by atoms with E-state index in [0.29, 0.717) is 53.5 Å². The molecule has 0 aliphatic rings.